The highest BCUT2D eigenvalue weighted by Crippen LogP contribution is 2.33. The quantitative estimate of drug-likeness (QED) is 0.404. The lowest BCUT2D eigenvalue weighted by Crippen LogP contribution is -2.51. The number of carbonyl (C=O) groups excluding carboxylic acids is 3. The molecule has 1 saturated heterocycles. The van der Waals surface area contributed by atoms with E-state index in [0.717, 1.165) is 41.1 Å². The molecular formula is C25H26N6O3S. The fourth-order valence-electron chi connectivity index (χ4n) is 4.64. The van der Waals surface area contributed by atoms with Gasteiger partial charge in [0.25, 0.3) is 5.91 Å². The molecule has 1 aliphatic carbocycles. The van der Waals surface area contributed by atoms with Gasteiger partial charge in [-0.1, -0.05) is 73.5 Å². The zero-order valence-corrected chi connectivity index (χ0v) is 20.2. The molecule has 4 amide bonds. The number of carbonyl (C=O) groups is 3. The van der Waals surface area contributed by atoms with Gasteiger partial charge in [0.05, 0.1) is 5.75 Å². The first-order chi connectivity index (χ1) is 17.0. The lowest BCUT2D eigenvalue weighted by molar-refractivity contribution is -0.139. The van der Waals surface area contributed by atoms with Crippen LogP contribution in [-0.4, -0.2) is 48.9 Å². The van der Waals surface area contributed by atoms with Crippen molar-refractivity contribution in [2.45, 2.75) is 49.7 Å². The highest BCUT2D eigenvalue weighted by atomic mass is 32.2. The first-order valence-corrected chi connectivity index (χ1v) is 12.6. The molecule has 0 unspecified atom stereocenters. The Morgan fingerprint density at radius 1 is 1.06 bits per heavy atom. The van der Waals surface area contributed by atoms with Gasteiger partial charge < -0.3 is 5.32 Å². The number of aromatic nitrogens is 3. The summed E-state index contributed by atoms with van der Waals surface area (Å²) < 4.78 is 1.91. The van der Waals surface area contributed by atoms with Crippen LogP contribution in [0.15, 0.2) is 59.8 Å². The first-order valence-electron chi connectivity index (χ1n) is 11.6. The van der Waals surface area contributed by atoms with Crippen LogP contribution in [-0.2, 0) is 9.59 Å². The second kappa shape index (κ2) is 9.53. The molecule has 5 rings (SSSR count). The van der Waals surface area contributed by atoms with Gasteiger partial charge in [0.1, 0.15) is 5.54 Å². The molecule has 35 heavy (non-hydrogen) atoms. The third-order valence-electron chi connectivity index (χ3n) is 6.36. The maximum Gasteiger partial charge on any atom is 0.344 e. The maximum atomic E-state index is 12.9. The van der Waals surface area contributed by atoms with Crippen LogP contribution in [0.5, 0.6) is 0 Å². The van der Waals surface area contributed by atoms with E-state index in [4.69, 9.17) is 0 Å². The van der Waals surface area contributed by atoms with Crippen molar-refractivity contribution in [3.05, 3.63) is 60.2 Å². The summed E-state index contributed by atoms with van der Waals surface area (Å²) in [4.78, 5) is 38.1. The number of aryl methyl sites for hydroxylation is 1. The molecule has 2 aliphatic rings. The maximum absolute atomic E-state index is 12.9. The van der Waals surface area contributed by atoms with Crippen LogP contribution >= 0.6 is 11.8 Å². The SMILES string of the molecule is Cc1cccc(-n2c(SCC(=O)NN3C(=O)NC4(CCCCC4)C3=O)nnc2-c2ccccc2)c1. The Labute approximate surface area is 207 Å². The summed E-state index contributed by atoms with van der Waals surface area (Å²) in [5, 5.41) is 12.9. The Balaban J connectivity index is 1.33. The number of amides is 4. The molecule has 2 heterocycles. The van der Waals surface area contributed by atoms with E-state index in [-0.39, 0.29) is 11.7 Å². The van der Waals surface area contributed by atoms with Gasteiger partial charge in [-0.15, -0.1) is 10.2 Å². The minimum absolute atomic E-state index is 0.0389. The summed E-state index contributed by atoms with van der Waals surface area (Å²) in [6, 6.07) is 17.1. The van der Waals surface area contributed by atoms with Gasteiger partial charge in [-0.2, -0.15) is 5.01 Å². The number of nitrogens with one attached hydrogen (secondary N) is 2. The molecule has 0 bridgehead atoms. The minimum atomic E-state index is -0.883. The molecule has 2 N–H and O–H groups in total. The van der Waals surface area contributed by atoms with Crippen LogP contribution in [0, 0.1) is 6.92 Å². The first kappa shape index (κ1) is 23.1. The van der Waals surface area contributed by atoms with E-state index in [2.05, 4.69) is 20.9 Å². The van der Waals surface area contributed by atoms with Gasteiger partial charge >= 0.3 is 6.03 Å². The Morgan fingerprint density at radius 2 is 1.83 bits per heavy atom. The smallest absolute Gasteiger partial charge is 0.322 e. The molecule has 3 aromatic rings. The molecule has 2 fully saturated rings. The molecule has 180 valence electrons. The summed E-state index contributed by atoms with van der Waals surface area (Å²) in [5.41, 5.74) is 4.46. The predicted octanol–water partition coefficient (Wildman–Crippen LogP) is 3.62. The van der Waals surface area contributed by atoms with E-state index in [1.54, 1.807) is 0 Å². The van der Waals surface area contributed by atoms with E-state index in [9.17, 15) is 14.4 Å². The number of urea groups is 1. The molecular weight excluding hydrogens is 464 g/mol. The molecule has 2 aromatic carbocycles. The Hall–Kier alpha value is -3.66. The average Bonchev–Trinajstić information content (AvgIpc) is 3.39. The van der Waals surface area contributed by atoms with Crippen LogP contribution in [0.3, 0.4) is 0 Å². The van der Waals surface area contributed by atoms with Gasteiger partial charge in [-0.25, -0.2) is 4.79 Å². The molecule has 1 aliphatic heterocycles. The third-order valence-corrected chi connectivity index (χ3v) is 7.29. The minimum Gasteiger partial charge on any atom is -0.322 e. The molecule has 1 saturated carbocycles. The topological polar surface area (TPSA) is 109 Å². The van der Waals surface area contributed by atoms with Gasteiger partial charge in [-0.05, 0) is 37.5 Å². The summed E-state index contributed by atoms with van der Waals surface area (Å²) in [6.07, 6.45) is 3.99. The number of benzene rings is 2. The van der Waals surface area contributed by atoms with Crippen LogP contribution < -0.4 is 10.7 Å². The number of thioether (sulfide) groups is 1. The van der Waals surface area contributed by atoms with Gasteiger partial charge in [0.15, 0.2) is 11.0 Å². The Morgan fingerprint density at radius 3 is 2.57 bits per heavy atom. The predicted molar refractivity (Wildman–Crippen MR) is 132 cm³/mol. The van der Waals surface area contributed by atoms with E-state index < -0.39 is 17.5 Å². The van der Waals surface area contributed by atoms with Crippen LogP contribution in [0.25, 0.3) is 17.1 Å². The highest BCUT2D eigenvalue weighted by molar-refractivity contribution is 7.99. The largest absolute Gasteiger partial charge is 0.344 e. The number of rotatable bonds is 6. The van der Waals surface area contributed by atoms with Crippen LogP contribution in [0.1, 0.15) is 37.7 Å². The molecule has 0 radical (unpaired) electrons. The van der Waals surface area contributed by atoms with Crippen molar-refractivity contribution >= 4 is 29.6 Å². The molecule has 1 aromatic heterocycles. The summed E-state index contributed by atoms with van der Waals surface area (Å²) in [7, 11) is 0. The van der Waals surface area contributed by atoms with Gasteiger partial charge in [0, 0.05) is 11.3 Å². The lowest BCUT2D eigenvalue weighted by atomic mass is 9.82. The molecule has 10 heteroatoms. The van der Waals surface area contributed by atoms with Crippen LogP contribution in [0.4, 0.5) is 4.79 Å². The van der Waals surface area contributed by atoms with E-state index in [0.29, 0.717) is 23.8 Å². The monoisotopic (exact) mass is 490 g/mol. The van der Waals surface area contributed by atoms with Crippen molar-refractivity contribution in [2.24, 2.45) is 0 Å². The summed E-state index contributed by atoms with van der Waals surface area (Å²) in [6.45, 7) is 2.01. The zero-order chi connectivity index (χ0) is 24.4. The fraction of sp³-hybridized carbons (Fsp3) is 0.320. The van der Waals surface area contributed by atoms with Crippen LogP contribution in [0.2, 0.25) is 0 Å². The number of hydrazine groups is 1. The Bertz CT molecular complexity index is 1270. The number of hydrogen-bond acceptors (Lipinski definition) is 6. The van der Waals surface area contributed by atoms with E-state index >= 15 is 0 Å². The molecule has 0 atom stereocenters. The number of imide groups is 1. The zero-order valence-electron chi connectivity index (χ0n) is 19.4. The normalized spacial score (nSPS) is 17.0. The van der Waals surface area contributed by atoms with Crippen molar-refractivity contribution in [3.63, 3.8) is 0 Å². The van der Waals surface area contributed by atoms with Crippen molar-refractivity contribution in [1.29, 1.82) is 0 Å². The average molecular weight is 491 g/mol. The van der Waals surface area contributed by atoms with E-state index in [1.807, 2.05) is 66.1 Å². The van der Waals surface area contributed by atoms with Crippen molar-refractivity contribution in [3.8, 4) is 17.1 Å². The Kier molecular flexibility index (Phi) is 6.29. The number of nitrogens with zero attached hydrogens (tertiary/aromatic N) is 4. The molecule has 1 spiro atoms. The standard InChI is InChI=1S/C25H26N6O3S/c1-17-9-8-12-19(15-17)30-21(18-10-4-2-5-11-18)27-28-24(30)35-16-20(32)29-31-22(33)25(26-23(31)34)13-6-3-7-14-25/h2,4-5,8-12,15H,3,6-7,13-14,16H2,1H3,(H,26,34)(H,29,32). The van der Waals surface area contributed by atoms with Gasteiger partial charge in [0.2, 0.25) is 5.91 Å². The number of hydrogen-bond donors (Lipinski definition) is 2. The summed E-state index contributed by atoms with van der Waals surface area (Å²) >= 11 is 1.19. The second-order valence-electron chi connectivity index (χ2n) is 8.88. The lowest BCUT2D eigenvalue weighted by Gasteiger charge is -2.30. The molecule has 9 nitrogen and oxygen atoms in total. The third kappa shape index (κ3) is 4.53. The van der Waals surface area contributed by atoms with E-state index in [1.165, 1.54) is 11.8 Å². The second-order valence-corrected chi connectivity index (χ2v) is 9.83. The summed E-state index contributed by atoms with van der Waals surface area (Å²) in [5.74, 6) is -0.225. The highest BCUT2D eigenvalue weighted by Gasteiger charge is 2.52. The van der Waals surface area contributed by atoms with Crippen molar-refractivity contribution < 1.29 is 14.4 Å². The van der Waals surface area contributed by atoms with Crippen molar-refractivity contribution in [2.75, 3.05) is 5.75 Å². The fourth-order valence-corrected chi connectivity index (χ4v) is 5.38. The van der Waals surface area contributed by atoms with Gasteiger partial charge in [-0.3, -0.25) is 19.6 Å². The van der Waals surface area contributed by atoms with Crippen molar-refractivity contribution in [1.82, 2.24) is 30.5 Å².